The highest BCUT2D eigenvalue weighted by atomic mass is 32.2. The van der Waals surface area contributed by atoms with Crippen molar-refractivity contribution in [3.63, 3.8) is 0 Å². The standard InChI is InChI=1S/C15H12B3FN2O4S2/c1-2-26-12-5-8(16)7-20-13(12)14(23)21-10-6-9(3-4-11(10)22)27(24,25)15(17,18)19/h3-7,22H,2H2,1H3,(H,21,23). The molecule has 27 heavy (non-hydrogen) atoms. The number of pyridine rings is 1. The number of halogens is 1. The molecular weight excluding hydrogens is 388 g/mol. The highest BCUT2D eigenvalue weighted by molar-refractivity contribution is 7.99. The molecule has 134 valence electrons. The molecule has 2 aromatic rings. The van der Waals surface area contributed by atoms with Gasteiger partial charge in [-0.25, -0.2) is 12.8 Å². The zero-order chi connectivity index (χ0) is 20.4. The molecule has 0 aliphatic heterocycles. The second-order valence-electron chi connectivity index (χ2n) is 5.38. The zero-order valence-corrected chi connectivity index (χ0v) is 15.8. The second kappa shape index (κ2) is 7.98. The summed E-state index contributed by atoms with van der Waals surface area (Å²) < 4.78 is 37.6. The van der Waals surface area contributed by atoms with Crippen LogP contribution in [-0.2, 0) is 9.84 Å². The fourth-order valence-electron chi connectivity index (χ4n) is 2.04. The van der Waals surface area contributed by atoms with Crippen LogP contribution in [0.1, 0.15) is 17.4 Å². The Balaban J connectivity index is 2.41. The van der Waals surface area contributed by atoms with Crippen molar-refractivity contribution >= 4 is 62.2 Å². The van der Waals surface area contributed by atoms with Gasteiger partial charge in [-0.2, -0.15) is 0 Å². The van der Waals surface area contributed by atoms with Gasteiger partial charge < -0.3 is 10.4 Å². The normalized spacial score (nSPS) is 11.9. The van der Waals surface area contributed by atoms with Crippen LogP contribution in [0.25, 0.3) is 0 Å². The van der Waals surface area contributed by atoms with Gasteiger partial charge in [0.15, 0.2) is 9.84 Å². The van der Waals surface area contributed by atoms with Crippen LogP contribution in [-0.4, -0.2) is 58.5 Å². The molecule has 1 heterocycles. The predicted octanol–water partition coefficient (Wildman–Crippen LogP) is 0.637. The lowest BCUT2D eigenvalue weighted by Crippen LogP contribution is -2.34. The van der Waals surface area contributed by atoms with E-state index in [0.717, 1.165) is 18.2 Å². The van der Waals surface area contributed by atoms with Crippen LogP contribution in [0.2, 0.25) is 0 Å². The number of phenols is 1. The van der Waals surface area contributed by atoms with Crippen molar-refractivity contribution in [3.8, 4) is 5.75 Å². The number of sulfone groups is 1. The second-order valence-corrected chi connectivity index (χ2v) is 8.79. The van der Waals surface area contributed by atoms with Crippen molar-refractivity contribution in [2.75, 3.05) is 11.1 Å². The van der Waals surface area contributed by atoms with Gasteiger partial charge in [0, 0.05) is 11.1 Å². The van der Waals surface area contributed by atoms with Gasteiger partial charge in [-0.3, -0.25) is 9.78 Å². The van der Waals surface area contributed by atoms with Crippen molar-refractivity contribution in [1.82, 2.24) is 4.98 Å². The fraction of sp³-hybridized carbons (Fsp3) is 0.200. The molecule has 2 N–H and O–H groups in total. The number of carbonyl (C=O) groups excluding carboxylic acids is 1. The maximum Gasteiger partial charge on any atom is 0.275 e. The van der Waals surface area contributed by atoms with E-state index in [0.29, 0.717) is 16.1 Å². The Morgan fingerprint density at radius 1 is 1.37 bits per heavy atom. The minimum Gasteiger partial charge on any atom is -0.506 e. The van der Waals surface area contributed by atoms with Crippen LogP contribution < -0.4 is 10.8 Å². The molecule has 1 amide bonds. The molecule has 0 saturated carbocycles. The van der Waals surface area contributed by atoms with E-state index in [4.69, 9.17) is 23.5 Å². The number of rotatable bonds is 6. The number of aromatic hydroxyl groups is 1. The number of thioether (sulfide) groups is 1. The van der Waals surface area contributed by atoms with E-state index in [1.54, 1.807) is 6.07 Å². The van der Waals surface area contributed by atoms with Gasteiger partial charge in [-0.1, -0.05) is 18.5 Å². The van der Waals surface area contributed by atoms with Crippen molar-refractivity contribution in [3.05, 3.63) is 36.2 Å². The van der Waals surface area contributed by atoms with Crippen molar-refractivity contribution < 1.29 is 22.7 Å². The summed E-state index contributed by atoms with van der Waals surface area (Å²) in [5, 5.41) is 12.2. The lowest BCUT2D eigenvalue weighted by atomic mass is 9.83. The van der Waals surface area contributed by atoms with Gasteiger partial charge in [0.05, 0.1) is 10.6 Å². The molecule has 0 spiro atoms. The zero-order valence-electron chi connectivity index (χ0n) is 14.1. The first-order valence-electron chi connectivity index (χ1n) is 7.51. The Morgan fingerprint density at radius 3 is 2.63 bits per heavy atom. The van der Waals surface area contributed by atoms with Gasteiger partial charge in [0.25, 0.3) is 5.91 Å². The first-order chi connectivity index (χ1) is 12.5. The number of anilines is 1. The molecule has 0 aliphatic rings. The molecule has 0 atom stereocenters. The summed E-state index contributed by atoms with van der Waals surface area (Å²) in [6.45, 7) is 1.87. The SMILES string of the molecule is [B]c1cnc(C(=O)Nc2cc(S(=O)(=O)C([B])([B])F)ccc2O)c(SCC)c1. The Labute approximate surface area is 164 Å². The maximum atomic E-state index is 13.6. The Hall–Kier alpha value is -1.94. The number of hydrogen-bond donors (Lipinski definition) is 2. The smallest absolute Gasteiger partial charge is 0.275 e. The van der Waals surface area contributed by atoms with Gasteiger partial charge >= 0.3 is 0 Å². The summed E-state index contributed by atoms with van der Waals surface area (Å²) in [6.07, 6.45) is 1.29. The summed E-state index contributed by atoms with van der Waals surface area (Å²) in [6, 6.07) is 4.29. The highest BCUT2D eigenvalue weighted by Gasteiger charge is 2.34. The Bertz CT molecular complexity index is 982. The largest absolute Gasteiger partial charge is 0.506 e. The molecule has 1 aromatic carbocycles. The number of alkyl halides is 1. The fourth-order valence-corrected chi connectivity index (χ4v) is 3.73. The van der Waals surface area contributed by atoms with Crippen LogP contribution in [0, 0.1) is 0 Å². The van der Waals surface area contributed by atoms with Crippen LogP contribution >= 0.6 is 11.8 Å². The summed E-state index contributed by atoms with van der Waals surface area (Å²) in [5.41, 5.74) is 0.112. The van der Waals surface area contributed by atoms with Crippen LogP contribution in [0.4, 0.5) is 10.1 Å². The van der Waals surface area contributed by atoms with E-state index in [1.807, 2.05) is 6.92 Å². The van der Waals surface area contributed by atoms with E-state index in [9.17, 15) is 22.7 Å². The van der Waals surface area contributed by atoms with Crippen molar-refractivity contribution in [1.29, 1.82) is 0 Å². The average molecular weight is 400 g/mol. The lowest BCUT2D eigenvalue weighted by Gasteiger charge is -2.18. The number of aromatic nitrogens is 1. The Kier molecular flexibility index (Phi) is 6.31. The number of hydrogen-bond acceptors (Lipinski definition) is 6. The number of nitrogens with zero attached hydrogens (tertiary/aromatic N) is 1. The molecule has 0 fully saturated rings. The Morgan fingerprint density at radius 2 is 2.04 bits per heavy atom. The van der Waals surface area contributed by atoms with E-state index >= 15 is 0 Å². The monoisotopic (exact) mass is 400 g/mol. The van der Waals surface area contributed by atoms with Gasteiger partial charge in [0.2, 0.25) is 0 Å². The number of benzene rings is 1. The molecule has 6 radical (unpaired) electrons. The third kappa shape index (κ3) is 4.67. The molecule has 0 bridgehead atoms. The molecule has 1 aromatic heterocycles. The minimum atomic E-state index is -4.75. The first kappa shape index (κ1) is 21.4. The minimum absolute atomic E-state index is 0.0289. The predicted molar refractivity (Wildman–Crippen MR) is 105 cm³/mol. The lowest BCUT2D eigenvalue weighted by molar-refractivity contribution is 0.101. The average Bonchev–Trinajstić information content (AvgIpc) is 2.56. The van der Waals surface area contributed by atoms with E-state index in [2.05, 4.69) is 10.3 Å². The van der Waals surface area contributed by atoms with Crippen molar-refractivity contribution in [2.45, 2.75) is 21.5 Å². The molecular formula is C15H12B3FN2O4S2. The number of amides is 1. The summed E-state index contributed by atoms with van der Waals surface area (Å²) in [7, 11) is 10.6. The molecule has 6 nitrogen and oxygen atoms in total. The quantitative estimate of drug-likeness (QED) is 0.420. The summed E-state index contributed by atoms with van der Waals surface area (Å²) in [4.78, 5) is 12.9. The molecule has 12 heteroatoms. The third-order valence-corrected chi connectivity index (χ3v) is 5.94. The molecule has 0 saturated heterocycles. The number of phenolic OH excluding ortho intramolecular Hbond substituents is 1. The number of nitrogens with one attached hydrogen (secondary N) is 1. The van der Waals surface area contributed by atoms with Gasteiger partial charge in [-0.15, -0.1) is 11.8 Å². The van der Waals surface area contributed by atoms with Crippen LogP contribution in [0.3, 0.4) is 0 Å². The van der Waals surface area contributed by atoms with E-state index in [-0.39, 0.29) is 11.4 Å². The summed E-state index contributed by atoms with van der Waals surface area (Å²) >= 11 is 1.33. The first-order valence-corrected chi connectivity index (χ1v) is 9.98. The van der Waals surface area contributed by atoms with E-state index in [1.165, 1.54) is 18.0 Å². The van der Waals surface area contributed by atoms with Crippen molar-refractivity contribution in [2.24, 2.45) is 0 Å². The van der Waals surface area contributed by atoms with E-state index < -0.39 is 31.2 Å². The highest BCUT2D eigenvalue weighted by Crippen LogP contribution is 2.31. The maximum absolute atomic E-state index is 13.6. The topological polar surface area (TPSA) is 96.4 Å². The number of carbonyl (C=O) groups is 1. The summed E-state index contributed by atoms with van der Waals surface area (Å²) in [5.74, 6) is -0.514. The van der Waals surface area contributed by atoms with Crippen LogP contribution in [0.5, 0.6) is 5.75 Å². The molecule has 0 aliphatic carbocycles. The molecule has 0 unspecified atom stereocenters. The van der Waals surface area contributed by atoms with Crippen LogP contribution in [0.15, 0.2) is 40.3 Å². The third-order valence-electron chi connectivity index (χ3n) is 3.33. The van der Waals surface area contributed by atoms with Gasteiger partial charge in [-0.05, 0) is 24.0 Å². The van der Waals surface area contributed by atoms with Gasteiger partial charge in [0.1, 0.15) is 39.8 Å². The molecule has 2 rings (SSSR count).